The molecule has 1 aromatic rings. The third-order valence-electron chi connectivity index (χ3n) is 2.58. The molecule has 0 unspecified atom stereocenters. The van der Waals surface area contributed by atoms with Gasteiger partial charge in [-0.1, -0.05) is 6.92 Å². The van der Waals surface area contributed by atoms with Crippen molar-refractivity contribution in [2.24, 2.45) is 0 Å². The van der Waals surface area contributed by atoms with Crippen molar-refractivity contribution in [2.45, 2.75) is 13.3 Å². The third kappa shape index (κ3) is 4.44. The summed E-state index contributed by atoms with van der Waals surface area (Å²) in [4.78, 5) is 11.5. The molecule has 8 heteroatoms. The van der Waals surface area contributed by atoms with Gasteiger partial charge in [0.1, 0.15) is 21.5 Å². The van der Waals surface area contributed by atoms with Crippen LogP contribution in [-0.2, 0) is 14.6 Å². The van der Waals surface area contributed by atoms with Crippen LogP contribution in [0.4, 0.5) is 14.5 Å². The van der Waals surface area contributed by atoms with Crippen LogP contribution in [0.2, 0.25) is 0 Å². The second-order valence-corrected chi connectivity index (χ2v) is 6.55. The summed E-state index contributed by atoms with van der Waals surface area (Å²) in [6.07, 6.45) is 0.111. The predicted octanol–water partition coefficient (Wildman–Crippen LogP) is 1.53. The lowest BCUT2D eigenvalue weighted by Crippen LogP contribution is -2.14. The van der Waals surface area contributed by atoms with Crippen molar-refractivity contribution in [3.05, 3.63) is 29.3 Å². The average Bonchev–Trinajstić information content (AvgIpc) is 2.38. The molecule has 20 heavy (non-hydrogen) atoms. The quantitative estimate of drug-likeness (QED) is 0.489. The van der Waals surface area contributed by atoms with Gasteiger partial charge in [-0.15, -0.1) is 0 Å². The zero-order valence-corrected chi connectivity index (χ0v) is 11.7. The molecule has 5 nitrogen and oxygen atoms in total. The van der Waals surface area contributed by atoms with Gasteiger partial charge in [0.05, 0.1) is 23.6 Å². The lowest BCUT2D eigenvalue weighted by molar-refractivity contribution is 0.0500. The Morgan fingerprint density at radius 2 is 1.95 bits per heavy atom. The molecular weight excluding hydrogens is 292 g/mol. The molecule has 0 amide bonds. The molecule has 0 saturated heterocycles. The smallest absolute Gasteiger partial charge is 0.341 e. The van der Waals surface area contributed by atoms with E-state index in [0.717, 1.165) is 6.07 Å². The molecular formula is C12H15F2NO4S. The maximum Gasteiger partial charge on any atom is 0.341 e. The highest BCUT2D eigenvalue weighted by Crippen LogP contribution is 2.17. The molecule has 0 bridgehead atoms. The van der Waals surface area contributed by atoms with Gasteiger partial charge in [0.25, 0.3) is 0 Å². The summed E-state index contributed by atoms with van der Waals surface area (Å²) in [6.45, 7) is 1.34. The van der Waals surface area contributed by atoms with Gasteiger partial charge in [-0.3, -0.25) is 0 Å². The number of carbonyl (C=O) groups excluding carboxylic acids is 1. The number of nitrogen functional groups attached to an aromatic ring is 1. The Morgan fingerprint density at radius 1 is 1.30 bits per heavy atom. The van der Waals surface area contributed by atoms with Crippen molar-refractivity contribution >= 4 is 21.5 Å². The molecule has 0 spiro atoms. The van der Waals surface area contributed by atoms with E-state index in [1.54, 1.807) is 0 Å². The molecule has 112 valence electrons. The number of esters is 1. The lowest BCUT2D eigenvalue weighted by atomic mass is 10.2. The molecule has 0 atom stereocenters. The van der Waals surface area contributed by atoms with E-state index in [4.69, 9.17) is 10.5 Å². The van der Waals surface area contributed by atoms with Crippen LogP contribution in [-0.4, -0.2) is 32.5 Å². The minimum absolute atomic E-state index is 0.00404. The SMILES string of the molecule is CCS(=O)(=O)CCCOC(=O)c1cc(N)c(F)cc1F. The fourth-order valence-corrected chi connectivity index (χ4v) is 2.23. The van der Waals surface area contributed by atoms with Gasteiger partial charge in [-0.2, -0.15) is 0 Å². The Morgan fingerprint density at radius 3 is 2.55 bits per heavy atom. The van der Waals surface area contributed by atoms with Crippen molar-refractivity contribution in [3.8, 4) is 0 Å². The fraction of sp³-hybridized carbons (Fsp3) is 0.417. The molecule has 0 fully saturated rings. The van der Waals surface area contributed by atoms with Gasteiger partial charge in [0.2, 0.25) is 0 Å². The zero-order chi connectivity index (χ0) is 15.3. The van der Waals surface area contributed by atoms with Gasteiger partial charge in [0, 0.05) is 11.8 Å². The fourth-order valence-electron chi connectivity index (χ4n) is 1.39. The van der Waals surface area contributed by atoms with E-state index in [1.165, 1.54) is 6.92 Å². The molecule has 0 radical (unpaired) electrons. The van der Waals surface area contributed by atoms with Crippen LogP contribution >= 0.6 is 0 Å². The predicted molar refractivity (Wildman–Crippen MR) is 70.0 cm³/mol. The van der Waals surface area contributed by atoms with Crippen LogP contribution in [0.15, 0.2) is 12.1 Å². The Labute approximate surface area is 115 Å². The Hall–Kier alpha value is -1.70. The Kier molecular flexibility index (Phi) is 5.43. The summed E-state index contributed by atoms with van der Waals surface area (Å²) in [7, 11) is -3.14. The van der Waals surface area contributed by atoms with Crippen molar-refractivity contribution in [3.63, 3.8) is 0 Å². The van der Waals surface area contributed by atoms with Gasteiger partial charge in [-0.05, 0) is 12.5 Å². The van der Waals surface area contributed by atoms with Gasteiger partial charge in [-0.25, -0.2) is 22.0 Å². The van der Waals surface area contributed by atoms with E-state index >= 15 is 0 Å². The van der Waals surface area contributed by atoms with Crippen molar-refractivity contribution < 1.29 is 26.7 Å². The number of hydrogen-bond donors (Lipinski definition) is 1. The first-order valence-corrected chi connectivity index (χ1v) is 7.71. The summed E-state index contributed by atoms with van der Waals surface area (Å²) >= 11 is 0. The normalized spacial score (nSPS) is 11.3. The summed E-state index contributed by atoms with van der Waals surface area (Å²) in [5.74, 6) is -3.17. The maximum atomic E-state index is 13.3. The molecule has 2 N–H and O–H groups in total. The lowest BCUT2D eigenvalue weighted by Gasteiger charge is -2.07. The number of anilines is 1. The van der Waals surface area contributed by atoms with Crippen LogP contribution in [0, 0.1) is 11.6 Å². The number of halogens is 2. The van der Waals surface area contributed by atoms with Crippen LogP contribution in [0.5, 0.6) is 0 Å². The number of benzene rings is 1. The standard InChI is InChI=1S/C12H15F2NO4S/c1-2-20(17,18)5-3-4-19-12(16)8-6-11(15)10(14)7-9(8)13/h6-7H,2-5,15H2,1H3. The highest BCUT2D eigenvalue weighted by molar-refractivity contribution is 7.91. The topological polar surface area (TPSA) is 86.5 Å². The van der Waals surface area contributed by atoms with E-state index in [-0.39, 0.29) is 30.2 Å². The van der Waals surface area contributed by atoms with Crippen molar-refractivity contribution in [2.75, 3.05) is 23.8 Å². The van der Waals surface area contributed by atoms with Gasteiger partial charge >= 0.3 is 5.97 Å². The second kappa shape index (κ2) is 6.65. The van der Waals surface area contributed by atoms with E-state index in [1.807, 2.05) is 0 Å². The van der Waals surface area contributed by atoms with Crippen molar-refractivity contribution in [1.82, 2.24) is 0 Å². The molecule has 0 aliphatic heterocycles. The maximum absolute atomic E-state index is 13.3. The third-order valence-corrected chi connectivity index (χ3v) is 4.37. The molecule has 0 heterocycles. The Bertz CT molecular complexity index is 602. The van der Waals surface area contributed by atoms with Crippen LogP contribution in [0.3, 0.4) is 0 Å². The molecule has 0 aromatic heterocycles. The Balaban J connectivity index is 2.58. The van der Waals surface area contributed by atoms with Gasteiger partial charge in [0.15, 0.2) is 0 Å². The molecule has 0 aliphatic rings. The molecule has 0 aliphatic carbocycles. The molecule has 1 rings (SSSR count). The first kappa shape index (κ1) is 16.4. The highest BCUT2D eigenvalue weighted by Gasteiger charge is 2.16. The van der Waals surface area contributed by atoms with Crippen LogP contribution in [0.1, 0.15) is 23.7 Å². The van der Waals surface area contributed by atoms with Crippen molar-refractivity contribution in [1.29, 1.82) is 0 Å². The summed E-state index contributed by atoms with van der Waals surface area (Å²) in [5.41, 5.74) is 4.38. The number of hydrogen-bond acceptors (Lipinski definition) is 5. The largest absolute Gasteiger partial charge is 0.462 e. The van der Waals surface area contributed by atoms with E-state index in [2.05, 4.69) is 0 Å². The molecule has 1 aromatic carbocycles. The number of carbonyl (C=O) groups is 1. The molecule has 0 saturated carbocycles. The minimum atomic E-state index is -3.14. The summed E-state index contributed by atoms with van der Waals surface area (Å²) in [5, 5.41) is 0. The first-order chi connectivity index (χ1) is 9.26. The van der Waals surface area contributed by atoms with E-state index in [9.17, 15) is 22.0 Å². The number of ether oxygens (including phenoxy) is 1. The average molecular weight is 307 g/mol. The summed E-state index contributed by atoms with van der Waals surface area (Å²) in [6, 6.07) is 1.34. The minimum Gasteiger partial charge on any atom is -0.462 e. The van der Waals surface area contributed by atoms with Crippen LogP contribution in [0.25, 0.3) is 0 Å². The van der Waals surface area contributed by atoms with E-state index < -0.39 is 33.0 Å². The number of sulfone groups is 1. The number of nitrogens with two attached hydrogens (primary N) is 1. The van der Waals surface area contributed by atoms with E-state index in [0.29, 0.717) is 6.07 Å². The second-order valence-electron chi connectivity index (χ2n) is 4.08. The number of rotatable bonds is 6. The first-order valence-electron chi connectivity index (χ1n) is 5.89. The monoisotopic (exact) mass is 307 g/mol. The van der Waals surface area contributed by atoms with Crippen LogP contribution < -0.4 is 5.73 Å². The highest BCUT2D eigenvalue weighted by atomic mass is 32.2. The zero-order valence-electron chi connectivity index (χ0n) is 10.9. The summed E-state index contributed by atoms with van der Waals surface area (Å²) < 4.78 is 53.4. The van der Waals surface area contributed by atoms with Gasteiger partial charge < -0.3 is 10.5 Å².